The molecule has 0 aliphatic rings. The average Bonchev–Trinajstić information content (AvgIpc) is 2.17. The zero-order chi connectivity index (χ0) is 6.69. The topological polar surface area (TPSA) is 55.6 Å². The Bertz CT molecular complexity index is 181. The fourth-order valence-corrected chi connectivity index (χ4v) is 0.552. The van der Waals surface area contributed by atoms with E-state index in [9.17, 15) is 0 Å². The molecule has 50 valence electrons. The zero-order valence-electron chi connectivity index (χ0n) is 5.50. The molecule has 5 heteroatoms. The molecular weight excluding hydrogens is 118 g/mol. The molecule has 0 aliphatic heterocycles. The summed E-state index contributed by atoms with van der Waals surface area (Å²) >= 11 is 0. The summed E-state index contributed by atoms with van der Waals surface area (Å²) < 4.78 is 0. The summed E-state index contributed by atoms with van der Waals surface area (Å²) in [6, 6.07) is 0. The van der Waals surface area contributed by atoms with Crippen molar-refractivity contribution >= 4 is 0 Å². The van der Waals surface area contributed by atoms with Crippen molar-refractivity contribution in [3.05, 3.63) is 5.82 Å². The monoisotopic (exact) mass is 127 g/mol. The first-order valence-corrected chi connectivity index (χ1v) is 2.70. The van der Waals surface area contributed by atoms with Crippen LogP contribution in [0.5, 0.6) is 0 Å². The number of hydrogen-bond acceptors (Lipinski definition) is 4. The summed E-state index contributed by atoms with van der Waals surface area (Å²) in [4.78, 5) is 1.44. The van der Waals surface area contributed by atoms with Gasteiger partial charge in [0.25, 0.3) is 0 Å². The maximum absolute atomic E-state index is 3.93. The Labute approximate surface area is 53.1 Å². The molecule has 0 saturated carbocycles. The van der Waals surface area contributed by atoms with Crippen LogP contribution in [0.4, 0.5) is 0 Å². The van der Waals surface area contributed by atoms with Crippen molar-refractivity contribution in [2.75, 3.05) is 7.05 Å². The highest BCUT2D eigenvalue weighted by molar-refractivity contribution is 4.73. The minimum absolute atomic E-state index is 0.674. The van der Waals surface area contributed by atoms with Crippen molar-refractivity contribution in [1.82, 2.24) is 25.5 Å². The predicted octanol–water partition coefficient (Wildman–Crippen LogP) is -1.07. The molecule has 1 heterocycles. The van der Waals surface area contributed by atoms with Gasteiger partial charge < -0.3 is 5.32 Å². The van der Waals surface area contributed by atoms with Gasteiger partial charge in [-0.2, -0.15) is 4.80 Å². The molecular formula is C4H9N5. The van der Waals surface area contributed by atoms with Crippen molar-refractivity contribution in [1.29, 1.82) is 0 Å². The lowest BCUT2D eigenvalue weighted by Crippen LogP contribution is -2.06. The van der Waals surface area contributed by atoms with Crippen LogP contribution < -0.4 is 5.32 Å². The fraction of sp³-hybridized carbons (Fsp3) is 0.750. The number of tetrazole rings is 1. The van der Waals surface area contributed by atoms with Crippen molar-refractivity contribution in [2.24, 2.45) is 7.05 Å². The zero-order valence-corrected chi connectivity index (χ0v) is 5.50. The SMILES string of the molecule is CNCc1nnn(C)n1. The summed E-state index contributed by atoms with van der Waals surface area (Å²) in [6.07, 6.45) is 0. The maximum atomic E-state index is 3.93. The second kappa shape index (κ2) is 2.54. The standard InChI is InChI=1S/C4H9N5/c1-5-3-4-6-8-9(2)7-4/h5H,3H2,1-2H3. The third-order valence-electron chi connectivity index (χ3n) is 0.885. The highest BCUT2D eigenvalue weighted by atomic mass is 15.6. The van der Waals surface area contributed by atoms with Crippen LogP contribution in [0.2, 0.25) is 0 Å². The van der Waals surface area contributed by atoms with Crippen molar-refractivity contribution < 1.29 is 0 Å². The van der Waals surface area contributed by atoms with E-state index in [1.165, 1.54) is 4.80 Å². The van der Waals surface area contributed by atoms with E-state index < -0.39 is 0 Å². The molecule has 1 aromatic rings. The third kappa shape index (κ3) is 1.46. The van der Waals surface area contributed by atoms with Crippen LogP contribution in [0, 0.1) is 0 Å². The van der Waals surface area contributed by atoms with Gasteiger partial charge in [0.15, 0.2) is 5.82 Å². The Morgan fingerprint density at radius 3 is 2.89 bits per heavy atom. The van der Waals surface area contributed by atoms with Crippen LogP contribution in [0.15, 0.2) is 0 Å². The number of nitrogens with zero attached hydrogens (tertiary/aromatic N) is 4. The molecule has 0 spiro atoms. The minimum Gasteiger partial charge on any atom is -0.313 e. The van der Waals surface area contributed by atoms with E-state index in [1.54, 1.807) is 7.05 Å². The first kappa shape index (κ1) is 6.15. The molecule has 0 aliphatic carbocycles. The highest BCUT2D eigenvalue weighted by Gasteiger charge is 1.94. The van der Waals surface area contributed by atoms with E-state index in [4.69, 9.17) is 0 Å². The molecule has 0 saturated heterocycles. The van der Waals surface area contributed by atoms with Crippen molar-refractivity contribution in [3.63, 3.8) is 0 Å². The lowest BCUT2D eigenvalue weighted by Gasteiger charge is -1.86. The van der Waals surface area contributed by atoms with E-state index in [1.807, 2.05) is 7.05 Å². The smallest absolute Gasteiger partial charge is 0.188 e. The van der Waals surface area contributed by atoms with E-state index in [2.05, 4.69) is 20.7 Å². The Kier molecular flexibility index (Phi) is 1.74. The van der Waals surface area contributed by atoms with Gasteiger partial charge in [-0.25, -0.2) is 0 Å². The van der Waals surface area contributed by atoms with Gasteiger partial charge in [0, 0.05) is 0 Å². The Morgan fingerprint density at radius 1 is 1.67 bits per heavy atom. The molecule has 0 bridgehead atoms. The second-order valence-electron chi connectivity index (χ2n) is 1.73. The van der Waals surface area contributed by atoms with E-state index in [0.717, 1.165) is 5.82 Å². The van der Waals surface area contributed by atoms with Gasteiger partial charge in [0.2, 0.25) is 0 Å². The van der Waals surface area contributed by atoms with Gasteiger partial charge in [0.05, 0.1) is 13.6 Å². The molecule has 1 rings (SSSR count). The van der Waals surface area contributed by atoms with Crippen LogP contribution in [-0.2, 0) is 13.6 Å². The summed E-state index contributed by atoms with van der Waals surface area (Å²) in [5, 5.41) is 14.2. The number of rotatable bonds is 2. The van der Waals surface area contributed by atoms with Gasteiger partial charge in [-0.3, -0.25) is 0 Å². The summed E-state index contributed by atoms with van der Waals surface area (Å²) in [7, 11) is 3.59. The largest absolute Gasteiger partial charge is 0.313 e. The molecule has 0 fully saturated rings. The van der Waals surface area contributed by atoms with Crippen LogP contribution in [0.1, 0.15) is 5.82 Å². The van der Waals surface area contributed by atoms with Crippen LogP contribution in [0.3, 0.4) is 0 Å². The average molecular weight is 127 g/mol. The van der Waals surface area contributed by atoms with Crippen LogP contribution >= 0.6 is 0 Å². The van der Waals surface area contributed by atoms with Gasteiger partial charge in [-0.1, -0.05) is 0 Å². The van der Waals surface area contributed by atoms with E-state index >= 15 is 0 Å². The molecule has 0 unspecified atom stereocenters. The lowest BCUT2D eigenvalue weighted by molar-refractivity contribution is 0.625. The molecule has 9 heavy (non-hydrogen) atoms. The molecule has 0 radical (unpaired) electrons. The highest BCUT2D eigenvalue weighted by Crippen LogP contribution is 1.80. The molecule has 0 aromatic carbocycles. The maximum Gasteiger partial charge on any atom is 0.188 e. The first-order chi connectivity index (χ1) is 4.33. The fourth-order valence-electron chi connectivity index (χ4n) is 0.552. The first-order valence-electron chi connectivity index (χ1n) is 2.70. The molecule has 1 N–H and O–H groups in total. The van der Waals surface area contributed by atoms with Gasteiger partial charge >= 0.3 is 0 Å². The summed E-state index contributed by atoms with van der Waals surface area (Å²) in [5.41, 5.74) is 0. The lowest BCUT2D eigenvalue weighted by atomic mass is 10.6. The molecule has 5 nitrogen and oxygen atoms in total. The summed E-state index contributed by atoms with van der Waals surface area (Å²) in [6.45, 7) is 0.674. The van der Waals surface area contributed by atoms with Gasteiger partial charge in [0.1, 0.15) is 0 Å². The molecule has 0 amide bonds. The van der Waals surface area contributed by atoms with Gasteiger partial charge in [-0.15, -0.1) is 10.2 Å². The number of nitrogens with one attached hydrogen (secondary N) is 1. The number of aromatic nitrogens is 4. The Morgan fingerprint density at radius 2 is 2.44 bits per heavy atom. The van der Waals surface area contributed by atoms with Crippen molar-refractivity contribution in [3.8, 4) is 0 Å². The minimum atomic E-state index is 0.674. The predicted molar refractivity (Wildman–Crippen MR) is 31.6 cm³/mol. The Balaban J connectivity index is 2.61. The second-order valence-corrected chi connectivity index (χ2v) is 1.73. The van der Waals surface area contributed by atoms with E-state index in [-0.39, 0.29) is 0 Å². The molecule has 0 atom stereocenters. The number of aryl methyl sites for hydroxylation is 1. The quantitative estimate of drug-likeness (QED) is 0.549. The normalized spacial score (nSPS) is 10.0. The third-order valence-corrected chi connectivity index (χ3v) is 0.885. The Hall–Kier alpha value is -0.970. The number of hydrogen-bond donors (Lipinski definition) is 1. The van der Waals surface area contributed by atoms with Gasteiger partial charge in [-0.05, 0) is 12.3 Å². The molecule has 1 aromatic heterocycles. The van der Waals surface area contributed by atoms with Crippen LogP contribution in [-0.4, -0.2) is 27.3 Å². The van der Waals surface area contributed by atoms with Crippen molar-refractivity contribution in [2.45, 2.75) is 6.54 Å². The summed E-state index contributed by atoms with van der Waals surface area (Å²) in [5.74, 6) is 0.722. The van der Waals surface area contributed by atoms with E-state index in [0.29, 0.717) is 6.54 Å². The van der Waals surface area contributed by atoms with Crippen LogP contribution in [0.25, 0.3) is 0 Å².